The molecular formula is C20H14Cl2N2O5S. The molecule has 7 nitrogen and oxygen atoms in total. The summed E-state index contributed by atoms with van der Waals surface area (Å²) in [5, 5.41) is 16.5. The zero-order valence-electron chi connectivity index (χ0n) is 15.5. The Kier molecular flexibility index (Phi) is 6.71. The molecule has 0 spiro atoms. The van der Waals surface area contributed by atoms with E-state index in [0.29, 0.717) is 16.1 Å². The molecule has 3 aromatic rings. The molecule has 0 saturated heterocycles. The molecule has 1 aromatic heterocycles. The summed E-state index contributed by atoms with van der Waals surface area (Å²) >= 11 is 12.8. The molecule has 1 amide bonds. The first-order valence-electron chi connectivity index (χ1n) is 8.61. The van der Waals surface area contributed by atoms with Crippen LogP contribution in [-0.4, -0.2) is 23.4 Å². The largest absolute Gasteiger partial charge is 0.462 e. The quantitative estimate of drug-likeness (QED) is 0.271. The summed E-state index contributed by atoms with van der Waals surface area (Å²) in [5.41, 5.74) is 0.801. The molecule has 0 aliphatic rings. The Balaban J connectivity index is 2.02. The van der Waals surface area contributed by atoms with Crippen LogP contribution in [0.2, 0.25) is 10.0 Å². The van der Waals surface area contributed by atoms with Crippen LogP contribution in [0.5, 0.6) is 0 Å². The number of ether oxygens (including phenoxy) is 1. The van der Waals surface area contributed by atoms with Gasteiger partial charge in [0.25, 0.3) is 11.6 Å². The zero-order chi connectivity index (χ0) is 21.8. The van der Waals surface area contributed by atoms with Crippen LogP contribution in [0.25, 0.3) is 11.1 Å². The average molecular weight is 465 g/mol. The van der Waals surface area contributed by atoms with Gasteiger partial charge in [-0.3, -0.25) is 14.9 Å². The molecule has 0 saturated carbocycles. The first-order chi connectivity index (χ1) is 14.3. The number of anilines is 1. The number of nitrogens with one attached hydrogen (secondary N) is 1. The van der Waals surface area contributed by atoms with Gasteiger partial charge in [-0.25, -0.2) is 4.79 Å². The molecule has 0 radical (unpaired) electrons. The van der Waals surface area contributed by atoms with Gasteiger partial charge in [-0.2, -0.15) is 0 Å². The minimum absolute atomic E-state index is 0.131. The number of carbonyl (C=O) groups excluding carboxylic acids is 2. The molecule has 0 atom stereocenters. The van der Waals surface area contributed by atoms with Crippen LogP contribution in [0, 0.1) is 10.1 Å². The van der Waals surface area contributed by atoms with E-state index in [9.17, 15) is 19.7 Å². The van der Waals surface area contributed by atoms with Gasteiger partial charge in [0.15, 0.2) is 0 Å². The van der Waals surface area contributed by atoms with Crippen LogP contribution >= 0.6 is 34.5 Å². The zero-order valence-corrected chi connectivity index (χ0v) is 17.8. The highest BCUT2D eigenvalue weighted by Gasteiger charge is 2.26. The lowest BCUT2D eigenvalue weighted by Crippen LogP contribution is -2.16. The molecule has 1 heterocycles. The molecule has 1 N–H and O–H groups in total. The normalized spacial score (nSPS) is 10.5. The molecule has 30 heavy (non-hydrogen) atoms. The number of carbonyl (C=O) groups is 2. The van der Waals surface area contributed by atoms with Gasteiger partial charge in [0.05, 0.1) is 11.5 Å². The standard InChI is InChI=1S/C20H14Cl2N2O5S/c1-2-29-20(26)17-15(11-3-5-12(21)6-4-11)10-30-19(17)23-18(25)14-8-7-13(22)9-16(14)24(27)28/h3-10H,2H2,1H3,(H,23,25). The van der Waals surface area contributed by atoms with Gasteiger partial charge >= 0.3 is 5.97 Å². The van der Waals surface area contributed by atoms with Gasteiger partial charge in [-0.1, -0.05) is 35.3 Å². The minimum Gasteiger partial charge on any atom is -0.462 e. The lowest BCUT2D eigenvalue weighted by atomic mass is 10.0. The van der Waals surface area contributed by atoms with Crippen LogP contribution in [0.4, 0.5) is 10.7 Å². The van der Waals surface area contributed by atoms with E-state index in [4.69, 9.17) is 27.9 Å². The van der Waals surface area contributed by atoms with E-state index in [1.807, 2.05) is 0 Å². The number of benzene rings is 2. The van der Waals surface area contributed by atoms with E-state index in [2.05, 4.69) is 5.32 Å². The molecule has 2 aromatic carbocycles. The molecular weight excluding hydrogens is 451 g/mol. The minimum atomic E-state index is -0.742. The Morgan fingerprint density at radius 3 is 2.43 bits per heavy atom. The maximum absolute atomic E-state index is 12.8. The Hall–Kier alpha value is -2.94. The number of amides is 1. The van der Waals surface area contributed by atoms with Crippen molar-refractivity contribution < 1.29 is 19.2 Å². The number of thiophene rings is 1. The van der Waals surface area contributed by atoms with Crippen LogP contribution in [-0.2, 0) is 4.74 Å². The Morgan fingerprint density at radius 2 is 1.80 bits per heavy atom. The third-order valence-electron chi connectivity index (χ3n) is 4.05. The van der Waals surface area contributed by atoms with Crippen LogP contribution in [0.15, 0.2) is 47.8 Å². The number of hydrogen-bond donors (Lipinski definition) is 1. The molecule has 0 aliphatic carbocycles. The van der Waals surface area contributed by atoms with Gasteiger partial charge in [0.1, 0.15) is 16.1 Å². The van der Waals surface area contributed by atoms with E-state index < -0.39 is 22.5 Å². The molecule has 0 aliphatic heterocycles. The maximum Gasteiger partial charge on any atom is 0.341 e. The van der Waals surface area contributed by atoms with Crippen molar-refractivity contribution >= 4 is 57.1 Å². The summed E-state index contributed by atoms with van der Waals surface area (Å²) < 4.78 is 5.14. The van der Waals surface area contributed by atoms with Crippen molar-refractivity contribution in [1.82, 2.24) is 0 Å². The first kappa shape index (κ1) is 21.8. The van der Waals surface area contributed by atoms with Crippen molar-refractivity contribution in [3.05, 3.63) is 79.1 Å². The van der Waals surface area contributed by atoms with E-state index in [1.54, 1.807) is 36.6 Å². The predicted octanol–water partition coefficient (Wildman–Crippen LogP) is 6.06. The van der Waals surface area contributed by atoms with Crippen LogP contribution in [0.3, 0.4) is 0 Å². The fourth-order valence-corrected chi connectivity index (χ4v) is 3.96. The molecule has 154 valence electrons. The second kappa shape index (κ2) is 9.25. The van der Waals surface area contributed by atoms with E-state index in [1.165, 1.54) is 12.1 Å². The molecule has 3 rings (SSSR count). The maximum atomic E-state index is 12.8. The number of esters is 1. The monoisotopic (exact) mass is 464 g/mol. The van der Waals surface area contributed by atoms with E-state index in [-0.39, 0.29) is 27.8 Å². The molecule has 0 fully saturated rings. The van der Waals surface area contributed by atoms with Crippen molar-refractivity contribution in [2.24, 2.45) is 0 Å². The Labute approximate surface area is 185 Å². The smallest absolute Gasteiger partial charge is 0.341 e. The fraction of sp³-hybridized carbons (Fsp3) is 0.100. The van der Waals surface area contributed by atoms with E-state index in [0.717, 1.165) is 17.4 Å². The third-order valence-corrected chi connectivity index (χ3v) is 5.44. The number of nitrogens with zero attached hydrogens (tertiary/aromatic N) is 1. The topological polar surface area (TPSA) is 98.5 Å². The lowest BCUT2D eigenvalue weighted by Gasteiger charge is -2.09. The van der Waals surface area contributed by atoms with Crippen LogP contribution < -0.4 is 5.32 Å². The number of rotatable bonds is 6. The van der Waals surface area contributed by atoms with Crippen molar-refractivity contribution in [2.75, 3.05) is 11.9 Å². The number of nitro groups is 1. The Morgan fingerprint density at radius 1 is 1.13 bits per heavy atom. The van der Waals surface area contributed by atoms with Crippen molar-refractivity contribution in [1.29, 1.82) is 0 Å². The third kappa shape index (κ3) is 4.62. The number of halogens is 2. The highest BCUT2D eigenvalue weighted by molar-refractivity contribution is 7.15. The van der Waals surface area contributed by atoms with Crippen molar-refractivity contribution in [3.8, 4) is 11.1 Å². The van der Waals surface area contributed by atoms with Crippen molar-refractivity contribution in [2.45, 2.75) is 6.92 Å². The summed E-state index contributed by atoms with van der Waals surface area (Å²) in [4.78, 5) is 36.0. The van der Waals surface area contributed by atoms with Gasteiger partial charge < -0.3 is 10.1 Å². The van der Waals surface area contributed by atoms with Gasteiger partial charge in [0.2, 0.25) is 0 Å². The van der Waals surface area contributed by atoms with Gasteiger partial charge in [0, 0.05) is 27.1 Å². The highest BCUT2D eigenvalue weighted by Crippen LogP contribution is 2.37. The molecule has 0 bridgehead atoms. The van der Waals surface area contributed by atoms with Gasteiger partial charge in [-0.05, 0) is 36.8 Å². The number of hydrogen-bond acceptors (Lipinski definition) is 6. The molecule has 0 unspecified atom stereocenters. The summed E-state index contributed by atoms with van der Waals surface area (Å²) in [6.07, 6.45) is 0. The predicted molar refractivity (Wildman–Crippen MR) is 117 cm³/mol. The first-order valence-corrected chi connectivity index (χ1v) is 10.2. The molecule has 10 heteroatoms. The summed E-state index contributed by atoms with van der Waals surface area (Å²) in [6.45, 7) is 1.81. The second-order valence-electron chi connectivity index (χ2n) is 5.95. The summed E-state index contributed by atoms with van der Waals surface area (Å²) in [7, 11) is 0. The Bertz CT molecular complexity index is 1130. The second-order valence-corrected chi connectivity index (χ2v) is 7.71. The van der Waals surface area contributed by atoms with E-state index >= 15 is 0 Å². The van der Waals surface area contributed by atoms with Crippen molar-refractivity contribution in [3.63, 3.8) is 0 Å². The average Bonchev–Trinajstić information content (AvgIpc) is 3.12. The summed E-state index contributed by atoms with van der Waals surface area (Å²) in [6, 6.07) is 10.6. The summed E-state index contributed by atoms with van der Waals surface area (Å²) in [5.74, 6) is -1.36. The highest BCUT2D eigenvalue weighted by atomic mass is 35.5. The number of nitro benzene ring substituents is 1. The lowest BCUT2D eigenvalue weighted by molar-refractivity contribution is -0.385. The van der Waals surface area contributed by atoms with Gasteiger partial charge in [-0.15, -0.1) is 11.3 Å². The fourth-order valence-electron chi connectivity index (χ4n) is 2.72. The van der Waals surface area contributed by atoms with Crippen LogP contribution in [0.1, 0.15) is 27.6 Å². The SMILES string of the molecule is CCOC(=O)c1c(-c2ccc(Cl)cc2)csc1NC(=O)c1ccc(Cl)cc1[N+](=O)[O-].